The second-order valence-electron chi connectivity index (χ2n) is 5.38. The number of carbonyl (C=O) groups is 2. The summed E-state index contributed by atoms with van der Waals surface area (Å²) in [5.74, 6) is -1.23. The minimum atomic E-state index is -1.68. The van der Waals surface area contributed by atoms with Crippen molar-refractivity contribution in [3.8, 4) is 0 Å². The van der Waals surface area contributed by atoms with E-state index in [0.29, 0.717) is 6.42 Å². The normalized spacial score (nSPS) is 17.8. The predicted octanol–water partition coefficient (Wildman–Crippen LogP) is 0.976. The number of piperidine rings is 1. The number of hydrogen-bond donors (Lipinski definition) is 2. The molecule has 0 atom stereocenters. The molecule has 5 nitrogen and oxygen atoms in total. The molecule has 5 heteroatoms. The van der Waals surface area contributed by atoms with E-state index in [1.165, 1.54) is 0 Å². The van der Waals surface area contributed by atoms with Crippen LogP contribution in [0, 0.1) is 6.92 Å². The van der Waals surface area contributed by atoms with Gasteiger partial charge in [-0.1, -0.05) is 29.8 Å². The van der Waals surface area contributed by atoms with Crippen molar-refractivity contribution in [1.29, 1.82) is 0 Å². The number of nitrogens with zero attached hydrogens (tertiary/aromatic N) is 1. The highest BCUT2D eigenvalue weighted by Gasteiger charge is 2.40. The highest BCUT2D eigenvalue weighted by Crippen LogP contribution is 2.23. The summed E-state index contributed by atoms with van der Waals surface area (Å²) in [5, 5.41) is 18.8. The van der Waals surface area contributed by atoms with Gasteiger partial charge in [0.15, 0.2) is 5.60 Å². The number of amides is 1. The van der Waals surface area contributed by atoms with Crippen LogP contribution in [0.15, 0.2) is 24.3 Å². The lowest BCUT2D eigenvalue weighted by atomic mass is 9.91. The lowest BCUT2D eigenvalue weighted by Crippen LogP contribution is -2.51. The molecule has 0 spiro atoms. The summed E-state index contributed by atoms with van der Waals surface area (Å²) >= 11 is 0. The minimum absolute atomic E-state index is 0.0266. The van der Waals surface area contributed by atoms with E-state index >= 15 is 0 Å². The van der Waals surface area contributed by atoms with Crippen LogP contribution in [-0.2, 0) is 16.0 Å². The number of aryl methyl sites for hydroxylation is 1. The minimum Gasteiger partial charge on any atom is -0.479 e. The third-order valence-corrected chi connectivity index (χ3v) is 3.82. The first-order valence-electron chi connectivity index (χ1n) is 6.70. The Morgan fingerprint density at radius 1 is 1.20 bits per heavy atom. The van der Waals surface area contributed by atoms with Gasteiger partial charge in [-0.05, 0) is 12.5 Å². The maximum atomic E-state index is 12.1. The van der Waals surface area contributed by atoms with E-state index in [1.807, 2.05) is 31.2 Å². The standard InChI is InChI=1S/C15H19NO4/c1-11-2-4-12(5-3-11)10-13(17)16-8-6-15(20,7-9-16)14(18)19/h2-5,20H,6-10H2,1H3,(H,18,19). The number of rotatable bonds is 3. The highest BCUT2D eigenvalue weighted by atomic mass is 16.4. The Morgan fingerprint density at radius 3 is 2.25 bits per heavy atom. The first-order chi connectivity index (χ1) is 9.40. The number of aliphatic hydroxyl groups is 1. The van der Waals surface area contributed by atoms with Crippen LogP contribution in [0.1, 0.15) is 24.0 Å². The van der Waals surface area contributed by atoms with Crippen LogP contribution < -0.4 is 0 Å². The predicted molar refractivity (Wildman–Crippen MR) is 73.3 cm³/mol. The van der Waals surface area contributed by atoms with Gasteiger partial charge in [0.2, 0.25) is 5.91 Å². The second-order valence-corrected chi connectivity index (χ2v) is 5.38. The zero-order valence-corrected chi connectivity index (χ0v) is 11.5. The summed E-state index contributed by atoms with van der Waals surface area (Å²) in [7, 11) is 0. The van der Waals surface area contributed by atoms with Gasteiger partial charge in [0.05, 0.1) is 6.42 Å². The number of likely N-dealkylation sites (tertiary alicyclic amines) is 1. The van der Waals surface area contributed by atoms with Crippen LogP contribution in [0.2, 0.25) is 0 Å². The Labute approximate surface area is 117 Å². The third-order valence-electron chi connectivity index (χ3n) is 3.82. The maximum Gasteiger partial charge on any atom is 0.335 e. The van der Waals surface area contributed by atoms with Gasteiger partial charge >= 0.3 is 5.97 Å². The Kier molecular flexibility index (Phi) is 4.09. The van der Waals surface area contributed by atoms with Crippen molar-refractivity contribution in [2.24, 2.45) is 0 Å². The van der Waals surface area contributed by atoms with E-state index in [-0.39, 0.29) is 31.8 Å². The second kappa shape index (κ2) is 5.63. The van der Waals surface area contributed by atoms with Gasteiger partial charge in [-0.2, -0.15) is 0 Å². The molecule has 1 aliphatic rings. The quantitative estimate of drug-likeness (QED) is 0.863. The molecule has 1 amide bonds. The lowest BCUT2D eigenvalue weighted by molar-refractivity contribution is -0.165. The highest BCUT2D eigenvalue weighted by molar-refractivity contribution is 5.80. The molecule has 20 heavy (non-hydrogen) atoms. The van der Waals surface area contributed by atoms with Gasteiger partial charge < -0.3 is 15.1 Å². The fraction of sp³-hybridized carbons (Fsp3) is 0.467. The topological polar surface area (TPSA) is 77.8 Å². The number of hydrogen-bond acceptors (Lipinski definition) is 3. The van der Waals surface area contributed by atoms with E-state index in [0.717, 1.165) is 11.1 Å². The monoisotopic (exact) mass is 277 g/mol. The Balaban J connectivity index is 1.92. The van der Waals surface area contributed by atoms with Crippen molar-refractivity contribution in [3.05, 3.63) is 35.4 Å². The Morgan fingerprint density at radius 2 is 1.75 bits per heavy atom. The van der Waals surface area contributed by atoms with Gasteiger partial charge in [0.1, 0.15) is 0 Å². The summed E-state index contributed by atoms with van der Waals surface area (Å²) in [5.41, 5.74) is 0.408. The SMILES string of the molecule is Cc1ccc(CC(=O)N2CCC(O)(C(=O)O)CC2)cc1. The van der Waals surface area contributed by atoms with Gasteiger partial charge in [0.25, 0.3) is 0 Å². The molecule has 2 rings (SSSR count). The fourth-order valence-corrected chi connectivity index (χ4v) is 2.33. The van der Waals surface area contributed by atoms with E-state index in [4.69, 9.17) is 5.11 Å². The molecule has 0 radical (unpaired) electrons. The summed E-state index contributed by atoms with van der Waals surface area (Å²) in [6.45, 7) is 2.56. The fourth-order valence-electron chi connectivity index (χ4n) is 2.33. The zero-order valence-electron chi connectivity index (χ0n) is 11.5. The van der Waals surface area contributed by atoms with Crippen LogP contribution in [0.5, 0.6) is 0 Å². The van der Waals surface area contributed by atoms with Gasteiger partial charge in [-0.3, -0.25) is 4.79 Å². The molecule has 2 N–H and O–H groups in total. The maximum absolute atomic E-state index is 12.1. The Bertz CT molecular complexity index is 501. The van der Waals surface area contributed by atoms with Crippen molar-refractivity contribution in [2.75, 3.05) is 13.1 Å². The number of aliphatic carboxylic acids is 1. The molecule has 1 fully saturated rings. The molecule has 0 aromatic heterocycles. The van der Waals surface area contributed by atoms with E-state index in [2.05, 4.69) is 0 Å². The number of benzene rings is 1. The van der Waals surface area contributed by atoms with Crippen molar-refractivity contribution in [2.45, 2.75) is 31.8 Å². The van der Waals surface area contributed by atoms with Gasteiger partial charge in [0, 0.05) is 25.9 Å². The van der Waals surface area contributed by atoms with Crippen molar-refractivity contribution < 1.29 is 19.8 Å². The molecule has 1 aromatic carbocycles. The molecule has 1 heterocycles. The van der Waals surface area contributed by atoms with Gasteiger partial charge in [-0.15, -0.1) is 0 Å². The summed E-state index contributed by atoms with van der Waals surface area (Å²) in [6.07, 6.45) is 0.482. The van der Waals surface area contributed by atoms with Crippen LogP contribution >= 0.6 is 0 Å². The van der Waals surface area contributed by atoms with Crippen LogP contribution in [0.3, 0.4) is 0 Å². The molecule has 0 unspecified atom stereocenters. The first kappa shape index (κ1) is 14.5. The van der Waals surface area contributed by atoms with Crippen LogP contribution in [0.25, 0.3) is 0 Å². The zero-order chi connectivity index (χ0) is 14.8. The van der Waals surface area contributed by atoms with E-state index in [9.17, 15) is 14.7 Å². The molecule has 0 aliphatic carbocycles. The van der Waals surface area contributed by atoms with Crippen molar-refractivity contribution >= 4 is 11.9 Å². The molecule has 1 saturated heterocycles. The average Bonchev–Trinajstić information content (AvgIpc) is 2.42. The molecular formula is C15H19NO4. The third kappa shape index (κ3) is 3.17. The van der Waals surface area contributed by atoms with Crippen molar-refractivity contribution in [3.63, 3.8) is 0 Å². The number of carboxylic acids is 1. The smallest absolute Gasteiger partial charge is 0.335 e. The first-order valence-corrected chi connectivity index (χ1v) is 6.70. The van der Waals surface area contributed by atoms with Crippen LogP contribution in [-0.4, -0.2) is 45.7 Å². The average molecular weight is 277 g/mol. The summed E-state index contributed by atoms with van der Waals surface area (Å²) in [4.78, 5) is 24.7. The largest absolute Gasteiger partial charge is 0.479 e. The molecule has 1 aromatic rings. The van der Waals surface area contributed by atoms with Crippen molar-refractivity contribution in [1.82, 2.24) is 4.90 Å². The van der Waals surface area contributed by atoms with E-state index < -0.39 is 11.6 Å². The number of carbonyl (C=O) groups excluding carboxylic acids is 1. The molecule has 0 saturated carbocycles. The summed E-state index contributed by atoms with van der Waals surface area (Å²) < 4.78 is 0. The lowest BCUT2D eigenvalue weighted by Gasteiger charge is -2.35. The van der Waals surface area contributed by atoms with E-state index in [1.54, 1.807) is 4.90 Å². The Hall–Kier alpha value is -1.88. The molecule has 0 bridgehead atoms. The molecular weight excluding hydrogens is 258 g/mol. The van der Waals surface area contributed by atoms with Crippen LogP contribution in [0.4, 0.5) is 0 Å². The van der Waals surface area contributed by atoms with Gasteiger partial charge in [-0.25, -0.2) is 4.79 Å². The molecule has 1 aliphatic heterocycles. The number of carboxylic acid groups (broad SMARTS) is 1. The molecule has 108 valence electrons. The summed E-state index contributed by atoms with van der Waals surface area (Å²) in [6, 6.07) is 7.76.